The molecule has 0 aromatic heterocycles. The van der Waals surface area contributed by atoms with Crippen molar-refractivity contribution in [2.24, 2.45) is 0 Å². The summed E-state index contributed by atoms with van der Waals surface area (Å²) in [6, 6.07) is 20.8. The third kappa shape index (κ3) is 7.89. The zero-order chi connectivity index (χ0) is 29.4. The number of amides is 3. The van der Waals surface area contributed by atoms with Crippen molar-refractivity contribution in [2.75, 3.05) is 16.8 Å². The van der Waals surface area contributed by atoms with Crippen LogP contribution in [0.3, 0.4) is 0 Å². The summed E-state index contributed by atoms with van der Waals surface area (Å²) >= 11 is 0. The SMILES string of the molecule is CC(=O)c1cccc(NC(=O)N(Cc2ccc(C(=O)NC[C@@H](O)C(=O)O)cc2)c2ccc(C3=CCCCC3)cc2)c1. The molecule has 4 N–H and O–H groups in total. The highest BCUT2D eigenvalue weighted by atomic mass is 16.4. The van der Waals surface area contributed by atoms with E-state index >= 15 is 0 Å². The molecule has 4 rings (SSSR count). The lowest BCUT2D eigenvalue weighted by Crippen LogP contribution is -2.36. The molecule has 1 aliphatic rings. The first-order valence-electron chi connectivity index (χ1n) is 13.5. The predicted octanol–water partition coefficient (Wildman–Crippen LogP) is 5.26. The monoisotopic (exact) mass is 555 g/mol. The first-order valence-corrected chi connectivity index (χ1v) is 13.5. The zero-order valence-electron chi connectivity index (χ0n) is 22.8. The molecule has 0 heterocycles. The Morgan fingerprint density at radius 3 is 2.29 bits per heavy atom. The molecule has 9 nitrogen and oxygen atoms in total. The molecule has 9 heteroatoms. The number of ketones is 1. The van der Waals surface area contributed by atoms with Crippen LogP contribution in [-0.4, -0.2) is 46.6 Å². The van der Waals surface area contributed by atoms with E-state index in [2.05, 4.69) is 16.7 Å². The summed E-state index contributed by atoms with van der Waals surface area (Å²) in [4.78, 5) is 50.1. The molecule has 0 bridgehead atoms. The van der Waals surface area contributed by atoms with Crippen molar-refractivity contribution < 1.29 is 29.4 Å². The van der Waals surface area contributed by atoms with Gasteiger partial charge in [0.25, 0.3) is 5.91 Å². The highest BCUT2D eigenvalue weighted by Gasteiger charge is 2.19. The van der Waals surface area contributed by atoms with E-state index in [9.17, 15) is 24.3 Å². The number of aliphatic hydroxyl groups excluding tert-OH is 1. The highest BCUT2D eigenvalue weighted by Crippen LogP contribution is 2.29. The number of carbonyl (C=O) groups is 4. The minimum atomic E-state index is -1.69. The van der Waals surface area contributed by atoms with Gasteiger partial charge in [-0.3, -0.25) is 14.5 Å². The van der Waals surface area contributed by atoms with Crippen LogP contribution >= 0.6 is 0 Å². The maximum Gasteiger partial charge on any atom is 0.334 e. The molecule has 3 aromatic carbocycles. The third-order valence-electron chi connectivity index (χ3n) is 6.90. The fourth-order valence-corrected chi connectivity index (χ4v) is 4.57. The van der Waals surface area contributed by atoms with E-state index in [-0.39, 0.29) is 23.9 Å². The standard InChI is InChI=1S/C32H33N3O6/c1-21(36)26-8-5-9-27(18-26)34-32(41)35(28-16-14-24(15-17-28)23-6-3-2-4-7-23)20-22-10-12-25(13-11-22)30(38)33-19-29(37)31(39)40/h5-6,8-18,29,37H,2-4,7,19-20H2,1H3,(H,33,38)(H,34,41)(H,39,40)/t29-/m1/s1. The quantitative estimate of drug-likeness (QED) is 0.252. The van der Waals surface area contributed by atoms with E-state index in [0.717, 1.165) is 30.4 Å². The fraction of sp³-hybridized carbons (Fsp3) is 0.250. The van der Waals surface area contributed by atoms with Gasteiger partial charge in [-0.1, -0.05) is 42.5 Å². The van der Waals surface area contributed by atoms with Crippen LogP contribution in [0.15, 0.2) is 78.9 Å². The molecule has 0 fully saturated rings. The van der Waals surface area contributed by atoms with Crippen LogP contribution in [0.5, 0.6) is 0 Å². The maximum absolute atomic E-state index is 13.5. The highest BCUT2D eigenvalue weighted by molar-refractivity contribution is 6.03. The number of nitrogens with one attached hydrogen (secondary N) is 2. The second-order valence-electron chi connectivity index (χ2n) is 9.94. The first kappa shape index (κ1) is 29.2. The van der Waals surface area contributed by atoms with Crippen LogP contribution in [-0.2, 0) is 11.3 Å². The number of aliphatic carboxylic acids is 1. The number of rotatable bonds is 10. The van der Waals surface area contributed by atoms with Gasteiger partial charge in [0.1, 0.15) is 0 Å². The zero-order valence-corrected chi connectivity index (χ0v) is 22.8. The number of nitrogens with zero attached hydrogens (tertiary/aromatic N) is 1. The first-order chi connectivity index (χ1) is 19.7. The summed E-state index contributed by atoms with van der Waals surface area (Å²) in [6.07, 6.45) is 5.04. The molecule has 3 aromatic rings. The van der Waals surface area contributed by atoms with Crippen LogP contribution in [0.4, 0.5) is 16.2 Å². The fourth-order valence-electron chi connectivity index (χ4n) is 4.57. The number of carbonyl (C=O) groups excluding carboxylic acids is 3. The van der Waals surface area contributed by atoms with Gasteiger partial charge in [-0.2, -0.15) is 0 Å². The normalized spacial score (nSPS) is 13.5. The largest absolute Gasteiger partial charge is 0.479 e. The number of urea groups is 1. The van der Waals surface area contributed by atoms with Gasteiger partial charge < -0.3 is 20.8 Å². The van der Waals surface area contributed by atoms with E-state index in [1.807, 2.05) is 24.3 Å². The minimum absolute atomic E-state index is 0.104. The van der Waals surface area contributed by atoms with Crippen molar-refractivity contribution in [3.63, 3.8) is 0 Å². The van der Waals surface area contributed by atoms with Crippen molar-refractivity contribution in [3.8, 4) is 0 Å². The molecule has 0 unspecified atom stereocenters. The predicted molar refractivity (Wildman–Crippen MR) is 157 cm³/mol. The second-order valence-corrected chi connectivity index (χ2v) is 9.94. The van der Waals surface area contributed by atoms with E-state index in [1.165, 1.54) is 18.9 Å². The van der Waals surface area contributed by atoms with Gasteiger partial charge in [-0.15, -0.1) is 0 Å². The Labute approximate surface area is 238 Å². The molecule has 1 aliphatic carbocycles. The number of benzene rings is 3. The number of aliphatic hydroxyl groups is 1. The summed E-state index contributed by atoms with van der Waals surface area (Å²) in [5.41, 5.74) is 5.13. The van der Waals surface area contributed by atoms with Crippen molar-refractivity contribution in [2.45, 2.75) is 45.3 Å². The van der Waals surface area contributed by atoms with E-state index in [0.29, 0.717) is 16.9 Å². The van der Waals surface area contributed by atoms with Crippen molar-refractivity contribution in [1.82, 2.24) is 5.32 Å². The van der Waals surface area contributed by atoms with Gasteiger partial charge in [-0.05, 0) is 85.7 Å². The number of hydrogen-bond donors (Lipinski definition) is 4. The van der Waals surface area contributed by atoms with Crippen molar-refractivity contribution >= 4 is 40.6 Å². The molecule has 0 spiro atoms. The summed E-state index contributed by atoms with van der Waals surface area (Å²) in [5.74, 6) is -2.05. The van der Waals surface area contributed by atoms with Crippen LogP contribution in [0.25, 0.3) is 5.57 Å². The number of carboxylic acid groups (broad SMARTS) is 1. The average Bonchev–Trinajstić information content (AvgIpc) is 2.99. The van der Waals surface area contributed by atoms with Crippen LogP contribution in [0.1, 0.15) is 64.4 Å². The second kappa shape index (κ2) is 13.5. The van der Waals surface area contributed by atoms with Gasteiger partial charge in [0, 0.05) is 22.5 Å². The summed E-state index contributed by atoms with van der Waals surface area (Å²) in [7, 11) is 0. The molecule has 0 saturated heterocycles. The van der Waals surface area contributed by atoms with Crippen LogP contribution in [0.2, 0.25) is 0 Å². The molecule has 1 atom stereocenters. The minimum Gasteiger partial charge on any atom is -0.479 e. The molecule has 0 aliphatic heterocycles. The Hall–Kier alpha value is -4.76. The Morgan fingerprint density at radius 1 is 0.927 bits per heavy atom. The van der Waals surface area contributed by atoms with Gasteiger partial charge in [0.15, 0.2) is 11.9 Å². The molecular weight excluding hydrogens is 522 g/mol. The van der Waals surface area contributed by atoms with Crippen LogP contribution < -0.4 is 15.5 Å². The Kier molecular flexibility index (Phi) is 9.65. The Bertz CT molecular complexity index is 1450. The van der Waals surface area contributed by atoms with Gasteiger partial charge >= 0.3 is 12.0 Å². The Morgan fingerprint density at radius 2 is 1.66 bits per heavy atom. The van der Waals surface area contributed by atoms with E-state index < -0.39 is 24.5 Å². The number of anilines is 2. The lowest BCUT2D eigenvalue weighted by Gasteiger charge is -2.24. The van der Waals surface area contributed by atoms with Crippen molar-refractivity contribution in [1.29, 1.82) is 0 Å². The van der Waals surface area contributed by atoms with Gasteiger partial charge in [-0.25, -0.2) is 9.59 Å². The summed E-state index contributed by atoms with van der Waals surface area (Å²) in [6.45, 7) is 1.25. The van der Waals surface area contributed by atoms with E-state index in [1.54, 1.807) is 53.4 Å². The lowest BCUT2D eigenvalue weighted by atomic mass is 9.93. The molecule has 41 heavy (non-hydrogen) atoms. The molecular formula is C32H33N3O6. The summed E-state index contributed by atoms with van der Waals surface area (Å²) < 4.78 is 0. The molecule has 0 radical (unpaired) electrons. The maximum atomic E-state index is 13.5. The number of Topliss-reactive ketones (excluding diaryl/α,β-unsaturated/α-hetero) is 1. The Balaban J connectivity index is 1.54. The molecule has 212 valence electrons. The van der Waals surface area contributed by atoms with Crippen molar-refractivity contribution in [3.05, 3.63) is 101 Å². The van der Waals surface area contributed by atoms with Gasteiger partial charge in [0.05, 0.1) is 13.1 Å². The smallest absolute Gasteiger partial charge is 0.334 e. The summed E-state index contributed by atoms with van der Waals surface area (Å²) in [5, 5.41) is 23.4. The van der Waals surface area contributed by atoms with Gasteiger partial charge in [0.2, 0.25) is 0 Å². The molecule has 0 saturated carbocycles. The number of carboxylic acids is 1. The third-order valence-corrected chi connectivity index (χ3v) is 6.90. The number of hydrogen-bond acceptors (Lipinski definition) is 5. The number of allylic oxidation sites excluding steroid dienone is 2. The lowest BCUT2D eigenvalue weighted by molar-refractivity contribution is -0.146. The average molecular weight is 556 g/mol. The molecule has 3 amide bonds. The van der Waals surface area contributed by atoms with Crippen LogP contribution in [0, 0.1) is 0 Å². The van der Waals surface area contributed by atoms with E-state index in [4.69, 9.17) is 5.11 Å². The topological polar surface area (TPSA) is 136 Å².